The molecule has 1 saturated heterocycles. The number of fused-ring (bicyclic) bond motifs is 1. The SMILES string of the molecule is Cc1c(COc2cccc(N3CCOCCC3=O)c2)nc2ccccc2c1OCc1ccccc1. The van der Waals surface area contributed by atoms with Crippen LogP contribution in [0.1, 0.15) is 23.2 Å². The number of ether oxygens (including phenoxy) is 3. The Kier molecular flexibility index (Phi) is 6.91. The highest BCUT2D eigenvalue weighted by atomic mass is 16.5. The molecule has 6 heteroatoms. The largest absolute Gasteiger partial charge is 0.488 e. The van der Waals surface area contributed by atoms with Gasteiger partial charge in [-0.05, 0) is 36.8 Å². The quantitative estimate of drug-likeness (QED) is 0.361. The lowest BCUT2D eigenvalue weighted by Crippen LogP contribution is -2.31. The fourth-order valence-electron chi connectivity index (χ4n) is 4.22. The summed E-state index contributed by atoms with van der Waals surface area (Å²) in [7, 11) is 0. The van der Waals surface area contributed by atoms with Crippen molar-refractivity contribution in [3.63, 3.8) is 0 Å². The fourth-order valence-corrected chi connectivity index (χ4v) is 4.22. The molecule has 0 atom stereocenters. The monoisotopic (exact) mass is 468 g/mol. The number of anilines is 1. The van der Waals surface area contributed by atoms with Crippen LogP contribution in [0.4, 0.5) is 5.69 Å². The molecule has 1 aliphatic rings. The lowest BCUT2D eigenvalue weighted by Gasteiger charge is -2.21. The zero-order chi connectivity index (χ0) is 24.0. The molecule has 178 valence electrons. The molecule has 5 rings (SSSR count). The normalized spacial score (nSPS) is 14.1. The van der Waals surface area contributed by atoms with Crippen molar-refractivity contribution in [3.05, 3.63) is 95.7 Å². The first-order valence-corrected chi connectivity index (χ1v) is 11.8. The number of benzene rings is 3. The van der Waals surface area contributed by atoms with E-state index in [-0.39, 0.29) is 5.91 Å². The van der Waals surface area contributed by atoms with E-state index < -0.39 is 0 Å². The third-order valence-corrected chi connectivity index (χ3v) is 6.13. The molecule has 1 aliphatic heterocycles. The predicted octanol–water partition coefficient (Wildman–Crippen LogP) is 5.45. The van der Waals surface area contributed by atoms with Gasteiger partial charge in [0.1, 0.15) is 24.7 Å². The fraction of sp³-hybridized carbons (Fsp3) is 0.241. The number of aromatic nitrogens is 1. The number of hydrogen-bond acceptors (Lipinski definition) is 5. The van der Waals surface area contributed by atoms with Crippen LogP contribution in [0.25, 0.3) is 10.9 Å². The first-order chi connectivity index (χ1) is 17.2. The molecule has 0 bridgehead atoms. The highest BCUT2D eigenvalue weighted by molar-refractivity contribution is 5.93. The molecular weight excluding hydrogens is 440 g/mol. The van der Waals surface area contributed by atoms with Crippen LogP contribution in [-0.4, -0.2) is 30.6 Å². The molecule has 4 aromatic rings. The van der Waals surface area contributed by atoms with Crippen molar-refractivity contribution >= 4 is 22.5 Å². The molecule has 0 radical (unpaired) electrons. The molecule has 3 aromatic carbocycles. The lowest BCUT2D eigenvalue weighted by molar-refractivity contribution is -0.118. The number of carbonyl (C=O) groups is 1. The summed E-state index contributed by atoms with van der Waals surface area (Å²) in [4.78, 5) is 19.1. The number of rotatable bonds is 7. The highest BCUT2D eigenvalue weighted by Gasteiger charge is 2.19. The first kappa shape index (κ1) is 22.9. The third kappa shape index (κ3) is 5.28. The molecule has 1 fully saturated rings. The minimum atomic E-state index is 0.0619. The summed E-state index contributed by atoms with van der Waals surface area (Å²) in [6, 6.07) is 25.7. The summed E-state index contributed by atoms with van der Waals surface area (Å²) >= 11 is 0. The van der Waals surface area contributed by atoms with Crippen molar-refractivity contribution in [3.8, 4) is 11.5 Å². The number of hydrogen-bond donors (Lipinski definition) is 0. The smallest absolute Gasteiger partial charge is 0.229 e. The van der Waals surface area contributed by atoms with Crippen LogP contribution >= 0.6 is 0 Å². The highest BCUT2D eigenvalue weighted by Crippen LogP contribution is 2.32. The van der Waals surface area contributed by atoms with E-state index in [0.717, 1.165) is 39.2 Å². The zero-order valence-electron chi connectivity index (χ0n) is 19.8. The van der Waals surface area contributed by atoms with Crippen LogP contribution in [0, 0.1) is 6.92 Å². The number of amides is 1. The number of carbonyl (C=O) groups excluding carboxylic acids is 1. The Bertz CT molecular complexity index is 1320. The van der Waals surface area contributed by atoms with Gasteiger partial charge in [0, 0.05) is 29.2 Å². The van der Waals surface area contributed by atoms with Crippen molar-refractivity contribution in [2.24, 2.45) is 0 Å². The molecule has 0 spiro atoms. The molecule has 35 heavy (non-hydrogen) atoms. The standard InChI is InChI=1S/C29H28N2O4/c1-21-27(20-34-24-11-7-10-23(18-24)31-15-17-33-16-14-28(31)32)30-26-13-6-5-12-25(26)29(21)35-19-22-8-3-2-4-9-22/h2-13,18H,14-17,19-20H2,1H3. The third-order valence-electron chi connectivity index (χ3n) is 6.13. The van der Waals surface area contributed by atoms with Gasteiger partial charge < -0.3 is 19.1 Å². The van der Waals surface area contributed by atoms with E-state index in [1.165, 1.54) is 0 Å². The molecular formula is C29H28N2O4. The summed E-state index contributed by atoms with van der Waals surface area (Å²) < 4.78 is 17.9. The van der Waals surface area contributed by atoms with Gasteiger partial charge >= 0.3 is 0 Å². The summed E-state index contributed by atoms with van der Waals surface area (Å²) in [6.45, 7) is 4.32. The Hall–Kier alpha value is -3.90. The van der Waals surface area contributed by atoms with Gasteiger partial charge in [-0.2, -0.15) is 0 Å². The van der Waals surface area contributed by atoms with Crippen LogP contribution in [0.5, 0.6) is 11.5 Å². The first-order valence-electron chi connectivity index (χ1n) is 11.8. The van der Waals surface area contributed by atoms with E-state index in [0.29, 0.717) is 45.1 Å². The van der Waals surface area contributed by atoms with E-state index in [1.807, 2.05) is 73.7 Å². The molecule has 0 aliphatic carbocycles. The van der Waals surface area contributed by atoms with E-state index in [4.69, 9.17) is 19.2 Å². The van der Waals surface area contributed by atoms with Crippen molar-refractivity contribution in [1.82, 2.24) is 4.98 Å². The molecule has 1 aromatic heterocycles. The minimum Gasteiger partial charge on any atom is -0.488 e. The van der Waals surface area contributed by atoms with Gasteiger partial charge in [-0.15, -0.1) is 0 Å². The van der Waals surface area contributed by atoms with Crippen LogP contribution in [0.3, 0.4) is 0 Å². The van der Waals surface area contributed by atoms with Crippen molar-refractivity contribution in [2.75, 3.05) is 24.7 Å². The lowest BCUT2D eigenvalue weighted by atomic mass is 10.1. The summed E-state index contributed by atoms with van der Waals surface area (Å²) in [5.74, 6) is 1.57. The Labute approximate surface area is 205 Å². The van der Waals surface area contributed by atoms with Crippen molar-refractivity contribution < 1.29 is 19.0 Å². The van der Waals surface area contributed by atoms with Crippen LogP contribution < -0.4 is 14.4 Å². The molecule has 0 saturated carbocycles. The van der Waals surface area contributed by atoms with E-state index in [2.05, 4.69) is 12.1 Å². The maximum absolute atomic E-state index is 12.5. The van der Waals surface area contributed by atoms with Crippen LogP contribution in [-0.2, 0) is 22.7 Å². The van der Waals surface area contributed by atoms with E-state index in [9.17, 15) is 4.79 Å². The Morgan fingerprint density at radius 3 is 2.63 bits per heavy atom. The van der Waals surface area contributed by atoms with E-state index >= 15 is 0 Å². The Morgan fingerprint density at radius 2 is 1.74 bits per heavy atom. The zero-order valence-corrected chi connectivity index (χ0v) is 19.8. The number of pyridine rings is 1. The van der Waals surface area contributed by atoms with Gasteiger partial charge in [0.25, 0.3) is 0 Å². The second kappa shape index (κ2) is 10.6. The topological polar surface area (TPSA) is 60.9 Å². The average molecular weight is 469 g/mol. The summed E-state index contributed by atoms with van der Waals surface area (Å²) in [5, 5.41) is 0.980. The van der Waals surface area contributed by atoms with Crippen molar-refractivity contribution in [2.45, 2.75) is 26.6 Å². The minimum absolute atomic E-state index is 0.0619. The van der Waals surface area contributed by atoms with Gasteiger partial charge in [-0.25, -0.2) is 4.98 Å². The molecule has 6 nitrogen and oxygen atoms in total. The number of para-hydroxylation sites is 1. The van der Waals surface area contributed by atoms with Gasteiger partial charge in [-0.3, -0.25) is 4.79 Å². The molecule has 1 amide bonds. The summed E-state index contributed by atoms with van der Waals surface area (Å²) in [6.07, 6.45) is 0.386. The van der Waals surface area contributed by atoms with Gasteiger partial charge in [0.05, 0.1) is 30.8 Å². The summed E-state index contributed by atoms with van der Waals surface area (Å²) in [5.41, 5.74) is 4.56. The van der Waals surface area contributed by atoms with Crippen LogP contribution in [0.2, 0.25) is 0 Å². The average Bonchev–Trinajstić information content (AvgIpc) is 3.12. The Balaban J connectivity index is 1.38. The van der Waals surface area contributed by atoms with Gasteiger partial charge in [-0.1, -0.05) is 48.5 Å². The molecule has 2 heterocycles. The Morgan fingerprint density at radius 1 is 0.914 bits per heavy atom. The second-order valence-electron chi connectivity index (χ2n) is 8.50. The number of nitrogens with zero attached hydrogens (tertiary/aromatic N) is 2. The predicted molar refractivity (Wildman–Crippen MR) is 136 cm³/mol. The van der Waals surface area contributed by atoms with Crippen molar-refractivity contribution in [1.29, 1.82) is 0 Å². The maximum atomic E-state index is 12.5. The van der Waals surface area contributed by atoms with Gasteiger partial charge in [0.2, 0.25) is 5.91 Å². The maximum Gasteiger partial charge on any atom is 0.229 e. The van der Waals surface area contributed by atoms with E-state index in [1.54, 1.807) is 4.90 Å². The molecule has 0 unspecified atom stereocenters. The second-order valence-corrected chi connectivity index (χ2v) is 8.50. The van der Waals surface area contributed by atoms with Crippen LogP contribution in [0.15, 0.2) is 78.9 Å². The molecule has 0 N–H and O–H groups in total. The van der Waals surface area contributed by atoms with Gasteiger partial charge in [0.15, 0.2) is 0 Å².